The summed E-state index contributed by atoms with van der Waals surface area (Å²) in [5.41, 5.74) is 1.19. The first-order valence-electron chi connectivity index (χ1n) is 7.69. The number of H-pyrrole nitrogens is 1. The van der Waals surface area contributed by atoms with Gasteiger partial charge in [0, 0.05) is 17.8 Å². The minimum atomic E-state index is -0.188. The Morgan fingerprint density at radius 2 is 2.22 bits per heavy atom. The lowest BCUT2D eigenvalue weighted by molar-refractivity contribution is 0.101. The molecule has 3 rings (SSSR count). The summed E-state index contributed by atoms with van der Waals surface area (Å²) in [5.74, 6) is 0.677. The smallest absolute Gasteiger partial charge is 0.314 e. The van der Waals surface area contributed by atoms with Crippen LogP contribution in [0.3, 0.4) is 0 Å². The quantitative estimate of drug-likeness (QED) is 0.852. The van der Waals surface area contributed by atoms with Crippen molar-refractivity contribution in [3.05, 3.63) is 42.0 Å². The zero-order valence-electron chi connectivity index (χ0n) is 13.0. The fourth-order valence-corrected chi connectivity index (χ4v) is 2.85. The van der Waals surface area contributed by atoms with Gasteiger partial charge in [-0.05, 0) is 38.3 Å². The number of aromatic amines is 1. The van der Waals surface area contributed by atoms with E-state index in [1.807, 2.05) is 0 Å². The van der Waals surface area contributed by atoms with Crippen molar-refractivity contribution in [3.63, 3.8) is 0 Å². The summed E-state index contributed by atoms with van der Waals surface area (Å²) >= 11 is 0. The first-order valence-corrected chi connectivity index (χ1v) is 7.69. The molecule has 2 aromatic rings. The maximum Gasteiger partial charge on any atom is 0.322 e. The fraction of sp³-hybridized carbons (Fsp3) is 0.375. The lowest BCUT2D eigenvalue weighted by Gasteiger charge is -2.34. The first kappa shape index (κ1) is 15.2. The highest BCUT2D eigenvalue weighted by atomic mass is 16.2. The molecule has 2 N–H and O–H groups in total. The number of benzene rings is 1. The third-order valence-corrected chi connectivity index (χ3v) is 4.03. The fourth-order valence-electron chi connectivity index (χ4n) is 2.85. The van der Waals surface area contributed by atoms with Gasteiger partial charge >= 0.3 is 6.03 Å². The van der Waals surface area contributed by atoms with E-state index in [2.05, 4.69) is 20.5 Å². The van der Waals surface area contributed by atoms with E-state index in [9.17, 15) is 9.59 Å². The lowest BCUT2D eigenvalue weighted by atomic mass is 10.0. The van der Waals surface area contributed by atoms with Gasteiger partial charge in [-0.1, -0.05) is 12.1 Å². The number of rotatable bonds is 3. The number of hydrogen-bond acceptors (Lipinski definition) is 4. The molecule has 0 spiro atoms. The standard InChI is InChI=1S/C16H19N5O2/c1-11(22)12-5-4-6-13(9-12)19-16(23)21-8-3-2-7-14(21)15-17-10-18-20-15/h4-6,9-10,14H,2-3,7-8H2,1H3,(H,19,23)(H,17,18,20)/t14-/m0/s1. The largest absolute Gasteiger partial charge is 0.322 e. The van der Waals surface area contributed by atoms with Crippen molar-refractivity contribution < 1.29 is 9.59 Å². The maximum absolute atomic E-state index is 12.6. The van der Waals surface area contributed by atoms with Gasteiger partial charge in [-0.3, -0.25) is 9.89 Å². The number of hydrogen-bond donors (Lipinski definition) is 2. The van der Waals surface area contributed by atoms with Crippen molar-refractivity contribution in [2.24, 2.45) is 0 Å². The van der Waals surface area contributed by atoms with Crippen LogP contribution in [0.1, 0.15) is 48.4 Å². The van der Waals surface area contributed by atoms with Gasteiger partial charge in [-0.25, -0.2) is 9.78 Å². The average Bonchev–Trinajstić information content (AvgIpc) is 3.09. The molecule has 0 unspecified atom stereocenters. The minimum absolute atomic E-state index is 0.0291. The summed E-state index contributed by atoms with van der Waals surface area (Å²) < 4.78 is 0. The molecule has 7 nitrogen and oxygen atoms in total. The lowest BCUT2D eigenvalue weighted by Crippen LogP contribution is -2.41. The van der Waals surface area contributed by atoms with Gasteiger partial charge in [0.25, 0.3) is 0 Å². The molecule has 2 amide bonds. The summed E-state index contributed by atoms with van der Waals surface area (Å²) in [7, 11) is 0. The molecule has 1 fully saturated rings. The van der Waals surface area contributed by atoms with E-state index in [-0.39, 0.29) is 17.9 Å². The highest BCUT2D eigenvalue weighted by Gasteiger charge is 2.29. The molecular weight excluding hydrogens is 294 g/mol. The third-order valence-electron chi connectivity index (χ3n) is 4.03. The molecule has 1 aromatic carbocycles. The maximum atomic E-state index is 12.6. The van der Waals surface area contributed by atoms with E-state index < -0.39 is 0 Å². The molecular formula is C16H19N5O2. The van der Waals surface area contributed by atoms with Gasteiger partial charge in [0.1, 0.15) is 12.2 Å². The highest BCUT2D eigenvalue weighted by Crippen LogP contribution is 2.29. The van der Waals surface area contributed by atoms with Crippen molar-refractivity contribution in [3.8, 4) is 0 Å². The topological polar surface area (TPSA) is 91.0 Å². The average molecular weight is 313 g/mol. The Kier molecular flexibility index (Phi) is 4.36. The number of aromatic nitrogens is 3. The first-order chi connectivity index (χ1) is 11.1. The number of anilines is 1. The molecule has 0 radical (unpaired) electrons. The van der Waals surface area contributed by atoms with Gasteiger partial charge in [-0.2, -0.15) is 5.10 Å². The molecule has 0 saturated carbocycles. The van der Waals surface area contributed by atoms with Crippen molar-refractivity contribution in [2.75, 3.05) is 11.9 Å². The summed E-state index contributed by atoms with van der Waals surface area (Å²) in [5, 5.41) is 9.60. The van der Waals surface area contributed by atoms with Gasteiger partial charge < -0.3 is 10.2 Å². The van der Waals surface area contributed by atoms with Gasteiger partial charge in [0.15, 0.2) is 5.78 Å². The van der Waals surface area contributed by atoms with Crippen LogP contribution in [0, 0.1) is 0 Å². The number of ketones is 1. The van der Waals surface area contributed by atoms with Gasteiger partial charge in [0.2, 0.25) is 0 Å². The molecule has 0 aliphatic carbocycles. The van der Waals surface area contributed by atoms with Crippen LogP contribution < -0.4 is 5.32 Å². The van der Waals surface area contributed by atoms with E-state index in [4.69, 9.17) is 0 Å². The van der Waals surface area contributed by atoms with Crippen molar-refractivity contribution in [1.82, 2.24) is 20.1 Å². The molecule has 23 heavy (non-hydrogen) atoms. The van der Waals surface area contributed by atoms with E-state index in [1.165, 1.54) is 13.3 Å². The van der Waals surface area contributed by atoms with Crippen LogP contribution in [0.5, 0.6) is 0 Å². The van der Waals surface area contributed by atoms with Crippen molar-refractivity contribution in [2.45, 2.75) is 32.2 Å². The minimum Gasteiger partial charge on any atom is -0.314 e. The summed E-state index contributed by atoms with van der Waals surface area (Å²) in [6.45, 7) is 2.18. The summed E-state index contributed by atoms with van der Waals surface area (Å²) in [4.78, 5) is 30.0. The molecule has 1 atom stereocenters. The van der Waals surface area contributed by atoms with Crippen LogP contribution in [-0.4, -0.2) is 38.4 Å². The second kappa shape index (κ2) is 6.60. The monoisotopic (exact) mass is 313 g/mol. The number of carbonyl (C=O) groups excluding carboxylic acids is 2. The number of carbonyl (C=O) groups is 2. The summed E-state index contributed by atoms with van der Waals surface area (Å²) in [6.07, 6.45) is 4.33. The van der Waals surface area contributed by atoms with Crippen LogP contribution in [0.15, 0.2) is 30.6 Å². The van der Waals surface area contributed by atoms with Crippen LogP contribution in [0.25, 0.3) is 0 Å². The predicted molar refractivity (Wildman–Crippen MR) is 85.1 cm³/mol. The number of likely N-dealkylation sites (tertiary alicyclic amines) is 1. The molecule has 0 bridgehead atoms. The molecule has 2 heterocycles. The number of piperidine rings is 1. The van der Waals surface area contributed by atoms with E-state index >= 15 is 0 Å². The third kappa shape index (κ3) is 3.39. The van der Waals surface area contributed by atoms with Crippen molar-refractivity contribution >= 4 is 17.5 Å². The molecule has 1 aliphatic rings. The number of Topliss-reactive ketones (excluding diaryl/α,β-unsaturated/α-hetero) is 1. The van der Waals surface area contributed by atoms with E-state index in [1.54, 1.807) is 29.2 Å². The van der Waals surface area contributed by atoms with Crippen LogP contribution in [0.2, 0.25) is 0 Å². The number of amides is 2. The zero-order valence-corrected chi connectivity index (χ0v) is 13.0. The number of nitrogens with zero attached hydrogens (tertiary/aromatic N) is 3. The molecule has 120 valence electrons. The Labute approximate surface area is 134 Å². The summed E-state index contributed by atoms with van der Waals surface area (Å²) in [6, 6.07) is 6.67. The molecule has 7 heteroatoms. The Bertz CT molecular complexity index is 698. The number of nitrogens with one attached hydrogen (secondary N) is 2. The van der Waals surface area contributed by atoms with Crippen LogP contribution in [-0.2, 0) is 0 Å². The molecule has 1 aliphatic heterocycles. The van der Waals surface area contributed by atoms with Gasteiger partial charge in [0.05, 0.1) is 6.04 Å². The Balaban J connectivity index is 1.76. The normalized spacial score (nSPS) is 17.8. The second-order valence-corrected chi connectivity index (χ2v) is 5.64. The second-order valence-electron chi connectivity index (χ2n) is 5.64. The predicted octanol–water partition coefficient (Wildman–Crippen LogP) is 2.77. The van der Waals surface area contributed by atoms with Crippen molar-refractivity contribution in [1.29, 1.82) is 0 Å². The van der Waals surface area contributed by atoms with Crippen LogP contribution >= 0.6 is 0 Å². The highest BCUT2D eigenvalue weighted by molar-refractivity contribution is 5.96. The Morgan fingerprint density at radius 3 is 2.96 bits per heavy atom. The number of urea groups is 1. The van der Waals surface area contributed by atoms with Gasteiger partial charge in [-0.15, -0.1) is 0 Å². The Morgan fingerprint density at radius 1 is 1.35 bits per heavy atom. The molecule has 1 saturated heterocycles. The van der Waals surface area contributed by atoms with E-state index in [0.29, 0.717) is 23.6 Å². The SMILES string of the molecule is CC(=O)c1cccc(NC(=O)N2CCCC[C@H]2c2ncn[nH]2)c1. The van der Waals surface area contributed by atoms with E-state index in [0.717, 1.165) is 19.3 Å². The van der Waals surface area contributed by atoms with Crippen LogP contribution in [0.4, 0.5) is 10.5 Å². The Hall–Kier alpha value is -2.70. The molecule has 1 aromatic heterocycles. The zero-order chi connectivity index (χ0) is 16.2.